The summed E-state index contributed by atoms with van der Waals surface area (Å²) in [6.45, 7) is 9.20. The van der Waals surface area contributed by atoms with Gasteiger partial charge in [0.1, 0.15) is 12.2 Å². The summed E-state index contributed by atoms with van der Waals surface area (Å²) in [5, 5.41) is 0.573. The van der Waals surface area contributed by atoms with Crippen LogP contribution in [0.2, 0.25) is 0 Å². The number of esters is 1. The van der Waals surface area contributed by atoms with Crippen LogP contribution in [0.1, 0.15) is 37.5 Å². The molecule has 1 atom stereocenters. The van der Waals surface area contributed by atoms with Gasteiger partial charge in [-0.15, -0.1) is 0 Å². The maximum Gasteiger partial charge on any atom is 0.419 e. The number of amides is 1. The first-order valence-corrected chi connectivity index (χ1v) is 12.8. The molecular weight excluding hydrogens is 492 g/mol. The second-order valence-electron chi connectivity index (χ2n) is 10.4. The molecule has 0 radical (unpaired) electrons. The van der Waals surface area contributed by atoms with Crippen LogP contribution in [0.4, 0.5) is 10.5 Å². The van der Waals surface area contributed by atoms with Crippen molar-refractivity contribution in [3.8, 4) is 0 Å². The lowest BCUT2D eigenvalue weighted by Crippen LogP contribution is -2.48. The van der Waals surface area contributed by atoms with Crippen LogP contribution < -0.4 is 4.90 Å². The molecule has 0 bridgehead atoms. The van der Waals surface area contributed by atoms with Crippen LogP contribution in [0.5, 0.6) is 0 Å². The highest BCUT2D eigenvalue weighted by molar-refractivity contribution is 6.24. The molecule has 4 aromatic rings. The van der Waals surface area contributed by atoms with Crippen molar-refractivity contribution in [1.29, 1.82) is 0 Å². The second kappa shape index (κ2) is 9.91. The minimum absolute atomic E-state index is 0.0700. The third-order valence-electron chi connectivity index (χ3n) is 6.69. The summed E-state index contributed by atoms with van der Waals surface area (Å²) in [6, 6.07) is 24.0. The van der Waals surface area contributed by atoms with Crippen LogP contribution in [0.3, 0.4) is 0 Å². The Morgan fingerprint density at radius 2 is 1.59 bits per heavy atom. The molecule has 0 fully saturated rings. The molecule has 7 nitrogen and oxygen atoms in total. The summed E-state index contributed by atoms with van der Waals surface area (Å²) in [6.07, 6.45) is 2.39. The zero-order valence-corrected chi connectivity index (χ0v) is 22.2. The molecule has 1 amide bonds. The standard InChI is InChI=1S/C32H30N2O5/c1-5-19-38-29(36)32(25-21-34(30(37)39-31(2,3)4)26-17-11-9-15-23(25)26)24-16-10-12-18-27(24)33(28(32)35)20-22-13-7-6-8-14-22/h5-18,21H,1,19-20H2,2-4H3. The van der Waals surface area contributed by atoms with Gasteiger partial charge in [-0.25, -0.2) is 4.79 Å². The molecule has 7 heteroatoms. The van der Waals surface area contributed by atoms with Crippen molar-refractivity contribution in [3.63, 3.8) is 0 Å². The van der Waals surface area contributed by atoms with Gasteiger partial charge in [-0.05, 0) is 38.5 Å². The van der Waals surface area contributed by atoms with Gasteiger partial charge in [0.15, 0.2) is 0 Å². The predicted octanol–water partition coefficient (Wildman–Crippen LogP) is 5.99. The molecule has 39 heavy (non-hydrogen) atoms. The molecule has 198 valence electrons. The predicted molar refractivity (Wildman–Crippen MR) is 150 cm³/mol. The lowest BCUT2D eigenvalue weighted by molar-refractivity contribution is -0.150. The Kier molecular flexibility index (Phi) is 6.60. The fourth-order valence-electron chi connectivity index (χ4n) is 5.13. The lowest BCUT2D eigenvalue weighted by atomic mass is 9.75. The number of benzene rings is 3. The fraction of sp³-hybridized carbons (Fsp3) is 0.219. The molecule has 1 unspecified atom stereocenters. The third-order valence-corrected chi connectivity index (χ3v) is 6.69. The van der Waals surface area contributed by atoms with Gasteiger partial charge in [0.2, 0.25) is 5.41 Å². The number of hydrogen-bond donors (Lipinski definition) is 0. The Labute approximate surface area is 227 Å². The Morgan fingerprint density at radius 1 is 0.923 bits per heavy atom. The molecule has 0 saturated carbocycles. The van der Waals surface area contributed by atoms with E-state index in [1.54, 1.807) is 62.1 Å². The first-order chi connectivity index (χ1) is 18.7. The molecule has 3 aromatic carbocycles. The zero-order valence-electron chi connectivity index (χ0n) is 22.2. The van der Waals surface area contributed by atoms with Gasteiger partial charge in [-0.3, -0.25) is 14.2 Å². The van der Waals surface area contributed by atoms with Crippen LogP contribution >= 0.6 is 0 Å². The van der Waals surface area contributed by atoms with Gasteiger partial charge in [0.25, 0.3) is 5.91 Å². The maximum absolute atomic E-state index is 14.6. The average Bonchev–Trinajstić information content (AvgIpc) is 3.41. The van der Waals surface area contributed by atoms with E-state index in [4.69, 9.17) is 9.47 Å². The number of ether oxygens (including phenoxy) is 2. The summed E-state index contributed by atoms with van der Waals surface area (Å²) in [5.74, 6) is -1.18. The van der Waals surface area contributed by atoms with Gasteiger partial charge in [-0.2, -0.15) is 0 Å². The van der Waals surface area contributed by atoms with E-state index in [2.05, 4.69) is 6.58 Å². The largest absolute Gasteiger partial charge is 0.460 e. The van der Waals surface area contributed by atoms with E-state index in [1.807, 2.05) is 42.5 Å². The van der Waals surface area contributed by atoms with Crippen molar-refractivity contribution in [2.75, 3.05) is 11.5 Å². The molecule has 0 saturated heterocycles. The van der Waals surface area contributed by atoms with Crippen molar-refractivity contribution in [2.24, 2.45) is 0 Å². The minimum atomic E-state index is -1.85. The highest BCUT2D eigenvalue weighted by atomic mass is 16.6. The molecule has 1 aromatic heterocycles. The Morgan fingerprint density at radius 3 is 2.31 bits per heavy atom. The number of hydrogen-bond acceptors (Lipinski definition) is 5. The summed E-state index contributed by atoms with van der Waals surface area (Å²) in [5.41, 5.74) is 0.290. The number of nitrogens with zero attached hydrogens (tertiary/aromatic N) is 2. The second-order valence-corrected chi connectivity index (χ2v) is 10.4. The number of carbonyl (C=O) groups is 3. The van der Waals surface area contributed by atoms with Gasteiger partial charge in [0.05, 0.1) is 12.1 Å². The number of para-hydroxylation sites is 2. The number of aromatic nitrogens is 1. The van der Waals surface area contributed by atoms with E-state index in [-0.39, 0.29) is 13.2 Å². The Hall–Kier alpha value is -4.65. The van der Waals surface area contributed by atoms with Gasteiger partial charge < -0.3 is 14.4 Å². The summed E-state index contributed by atoms with van der Waals surface area (Å²) in [7, 11) is 0. The van der Waals surface area contributed by atoms with E-state index in [0.29, 0.717) is 27.7 Å². The lowest BCUT2D eigenvalue weighted by Gasteiger charge is -2.27. The highest BCUT2D eigenvalue weighted by Crippen LogP contribution is 2.50. The molecule has 5 rings (SSSR count). The smallest absolute Gasteiger partial charge is 0.419 e. The van der Waals surface area contributed by atoms with Crippen molar-refractivity contribution in [2.45, 2.75) is 38.3 Å². The monoisotopic (exact) mass is 522 g/mol. The maximum atomic E-state index is 14.6. The molecule has 1 aliphatic rings. The minimum Gasteiger partial charge on any atom is -0.460 e. The average molecular weight is 523 g/mol. The normalized spacial score (nSPS) is 16.7. The van der Waals surface area contributed by atoms with Crippen molar-refractivity contribution in [3.05, 3.63) is 114 Å². The Balaban J connectivity index is 1.77. The van der Waals surface area contributed by atoms with Crippen LogP contribution in [0.15, 0.2) is 97.7 Å². The van der Waals surface area contributed by atoms with Crippen molar-refractivity contribution >= 4 is 34.6 Å². The molecule has 2 heterocycles. The van der Waals surface area contributed by atoms with Crippen LogP contribution in [0, 0.1) is 0 Å². The van der Waals surface area contributed by atoms with Gasteiger partial charge >= 0.3 is 12.1 Å². The first kappa shape index (κ1) is 26.0. The molecule has 1 aliphatic heterocycles. The van der Waals surface area contributed by atoms with E-state index in [1.165, 1.54) is 16.8 Å². The first-order valence-electron chi connectivity index (χ1n) is 12.8. The molecule has 0 N–H and O–H groups in total. The van der Waals surface area contributed by atoms with Gasteiger partial charge in [-0.1, -0.05) is 79.4 Å². The van der Waals surface area contributed by atoms with E-state index < -0.39 is 29.0 Å². The zero-order chi connectivity index (χ0) is 27.8. The van der Waals surface area contributed by atoms with Crippen LogP contribution in [-0.2, 0) is 31.0 Å². The van der Waals surface area contributed by atoms with E-state index in [9.17, 15) is 14.4 Å². The third kappa shape index (κ3) is 4.40. The highest BCUT2D eigenvalue weighted by Gasteiger charge is 2.60. The van der Waals surface area contributed by atoms with Gasteiger partial charge in [0, 0.05) is 28.4 Å². The molecule has 0 spiro atoms. The summed E-state index contributed by atoms with van der Waals surface area (Å²) >= 11 is 0. The number of carbonyl (C=O) groups excluding carboxylic acids is 3. The summed E-state index contributed by atoms with van der Waals surface area (Å²) < 4.78 is 12.6. The molecular formula is C32H30N2O5. The number of fused-ring (bicyclic) bond motifs is 2. The Bertz CT molecular complexity index is 1580. The van der Waals surface area contributed by atoms with Crippen LogP contribution in [0.25, 0.3) is 10.9 Å². The van der Waals surface area contributed by atoms with E-state index >= 15 is 0 Å². The quantitative estimate of drug-likeness (QED) is 0.177. The van der Waals surface area contributed by atoms with Crippen molar-refractivity contribution in [1.82, 2.24) is 4.57 Å². The molecule has 0 aliphatic carbocycles. The summed E-state index contributed by atoms with van der Waals surface area (Å²) in [4.78, 5) is 43.6. The topological polar surface area (TPSA) is 77.8 Å². The SMILES string of the molecule is C=CCOC(=O)C1(c2cn(C(=O)OC(C)(C)C)c3ccccc23)C(=O)N(Cc2ccccc2)c2ccccc21. The van der Waals surface area contributed by atoms with E-state index in [0.717, 1.165) is 5.56 Å². The number of rotatable bonds is 6. The van der Waals surface area contributed by atoms with Crippen molar-refractivity contribution < 1.29 is 23.9 Å². The number of anilines is 1. The van der Waals surface area contributed by atoms with Crippen LogP contribution in [-0.4, -0.2) is 34.7 Å². The fourth-order valence-corrected chi connectivity index (χ4v) is 5.13.